The van der Waals surface area contributed by atoms with Gasteiger partial charge >= 0.3 is 0 Å². The fourth-order valence-electron chi connectivity index (χ4n) is 2.73. The van der Waals surface area contributed by atoms with Crippen molar-refractivity contribution in [3.63, 3.8) is 0 Å². The van der Waals surface area contributed by atoms with E-state index in [1.807, 2.05) is 18.3 Å². The molecule has 0 aliphatic heterocycles. The van der Waals surface area contributed by atoms with Gasteiger partial charge < -0.3 is 0 Å². The smallest absolute Gasteiger partial charge is 0.0705 e. The predicted molar refractivity (Wildman–Crippen MR) is 93.9 cm³/mol. The standard InChI is InChI=1S/C21H21N/c1-15(2)19-12-11-18(17-9-7-16(3)8-10-17)14-20(19)21-6-4-5-13-22-21/h4-15H,1-3H3. The summed E-state index contributed by atoms with van der Waals surface area (Å²) in [5.74, 6) is 0.476. The van der Waals surface area contributed by atoms with Crippen molar-refractivity contribution in [3.8, 4) is 22.4 Å². The van der Waals surface area contributed by atoms with Gasteiger partial charge in [-0.25, -0.2) is 0 Å². The molecule has 0 aliphatic rings. The number of hydrogen-bond acceptors (Lipinski definition) is 1. The van der Waals surface area contributed by atoms with Gasteiger partial charge in [-0.05, 0) is 47.7 Å². The minimum absolute atomic E-state index is 0.476. The number of rotatable bonds is 3. The summed E-state index contributed by atoms with van der Waals surface area (Å²) in [6.45, 7) is 6.58. The van der Waals surface area contributed by atoms with Crippen LogP contribution in [-0.4, -0.2) is 4.98 Å². The van der Waals surface area contributed by atoms with Gasteiger partial charge in [-0.3, -0.25) is 4.98 Å². The average molecular weight is 287 g/mol. The first-order chi connectivity index (χ1) is 10.6. The summed E-state index contributed by atoms with van der Waals surface area (Å²) in [6.07, 6.45) is 1.86. The van der Waals surface area contributed by atoms with E-state index in [-0.39, 0.29) is 0 Å². The van der Waals surface area contributed by atoms with Crippen LogP contribution in [-0.2, 0) is 0 Å². The molecule has 1 heterocycles. The molecular weight excluding hydrogens is 266 g/mol. The van der Waals surface area contributed by atoms with Crippen LogP contribution in [0.25, 0.3) is 22.4 Å². The Bertz CT molecular complexity index is 756. The predicted octanol–water partition coefficient (Wildman–Crippen LogP) is 5.85. The van der Waals surface area contributed by atoms with Crippen LogP contribution in [0.3, 0.4) is 0 Å². The molecule has 0 saturated heterocycles. The number of nitrogens with zero attached hydrogens (tertiary/aromatic N) is 1. The Morgan fingerprint density at radius 1 is 0.818 bits per heavy atom. The molecule has 0 spiro atoms. The van der Waals surface area contributed by atoms with Crippen molar-refractivity contribution in [2.24, 2.45) is 0 Å². The number of benzene rings is 2. The monoisotopic (exact) mass is 287 g/mol. The van der Waals surface area contributed by atoms with E-state index in [4.69, 9.17) is 0 Å². The lowest BCUT2D eigenvalue weighted by atomic mass is 9.91. The molecular formula is C21H21N. The van der Waals surface area contributed by atoms with E-state index >= 15 is 0 Å². The van der Waals surface area contributed by atoms with E-state index in [9.17, 15) is 0 Å². The van der Waals surface area contributed by atoms with Crippen molar-refractivity contribution in [1.82, 2.24) is 4.98 Å². The van der Waals surface area contributed by atoms with Crippen molar-refractivity contribution < 1.29 is 0 Å². The fourth-order valence-corrected chi connectivity index (χ4v) is 2.73. The molecule has 0 amide bonds. The van der Waals surface area contributed by atoms with Crippen molar-refractivity contribution in [2.45, 2.75) is 26.7 Å². The molecule has 110 valence electrons. The van der Waals surface area contributed by atoms with Gasteiger partial charge in [0, 0.05) is 11.8 Å². The van der Waals surface area contributed by atoms with Crippen LogP contribution >= 0.6 is 0 Å². The highest BCUT2D eigenvalue weighted by Gasteiger charge is 2.11. The lowest BCUT2D eigenvalue weighted by molar-refractivity contribution is 0.868. The third-order valence-corrected chi connectivity index (χ3v) is 4.00. The van der Waals surface area contributed by atoms with Crippen molar-refractivity contribution in [1.29, 1.82) is 0 Å². The van der Waals surface area contributed by atoms with Gasteiger partial charge in [0.05, 0.1) is 5.69 Å². The molecule has 1 heteroatoms. The highest BCUT2D eigenvalue weighted by atomic mass is 14.7. The van der Waals surface area contributed by atoms with Gasteiger partial charge in [0.15, 0.2) is 0 Å². The summed E-state index contributed by atoms with van der Waals surface area (Å²) in [7, 11) is 0. The van der Waals surface area contributed by atoms with Gasteiger partial charge in [-0.15, -0.1) is 0 Å². The number of aryl methyl sites for hydroxylation is 1. The fraction of sp³-hybridized carbons (Fsp3) is 0.190. The summed E-state index contributed by atoms with van der Waals surface area (Å²) in [4.78, 5) is 4.54. The molecule has 0 unspecified atom stereocenters. The second-order valence-corrected chi connectivity index (χ2v) is 6.04. The van der Waals surface area contributed by atoms with E-state index in [1.54, 1.807) is 0 Å². The average Bonchev–Trinajstić information content (AvgIpc) is 2.56. The van der Waals surface area contributed by atoms with Crippen LogP contribution in [0.4, 0.5) is 0 Å². The summed E-state index contributed by atoms with van der Waals surface area (Å²) < 4.78 is 0. The Morgan fingerprint density at radius 3 is 2.18 bits per heavy atom. The summed E-state index contributed by atoms with van der Waals surface area (Å²) in [6, 6.07) is 21.5. The second kappa shape index (κ2) is 6.15. The Morgan fingerprint density at radius 2 is 1.55 bits per heavy atom. The van der Waals surface area contributed by atoms with Crippen molar-refractivity contribution >= 4 is 0 Å². The SMILES string of the molecule is Cc1ccc(-c2ccc(C(C)C)c(-c3ccccn3)c2)cc1. The van der Waals surface area contributed by atoms with Crippen LogP contribution < -0.4 is 0 Å². The molecule has 1 nitrogen and oxygen atoms in total. The van der Waals surface area contributed by atoms with Gasteiger partial charge in [0.2, 0.25) is 0 Å². The number of aromatic nitrogens is 1. The van der Waals surface area contributed by atoms with Crippen LogP contribution in [0.2, 0.25) is 0 Å². The van der Waals surface area contributed by atoms with E-state index in [0.29, 0.717) is 5.92 Å². The maximum absolute atomic E-state index is 4.54. The zero-order valence-electron chi connectivity index (χ0n) is 13.4. The van der Waals surface area contributed by atoms with Crippen LogP contribution in [0.5, 0.6) is 0 Å². The van der Waals surface area contributed by atoms with Gasteiger partial charge in [-0.1, -0.05) is 61.9 Å². The Balaban J connectivity index is 2.14. The number of hydrogen-bond donors (Lipinski definition) is 0. The van der Waals surface area contributed by atoms with Crippen molar-refractivity contribution in [3.05, 3.63) is 78.0 Å². The molecule has 22 heavy (non-hydrogen) atoms. The van der Waals surface area contributed by atoms with Crippen molar-refractivity contribution in [2.75, 3.05) is 0 Å². The zero-order chi connectivity index (χ0) is 15.5. The van der Waals surface area contributed by atoms with Gasteiger partial charge in [-0.2, -0.15) is 0 Å². The third-order valence-electron chi connectivity index (χ3n) is 4.00. The summed E-state index contributed by atoms with van der Waals surface area (Å²) >= 11 is 0. The second-order valence-electron chi connectivity index (χ2n) is 6.04. The lowest BCUT2D eigenvalue weighted by Gasteiger charge is -2.14. The molecule has 0 N–H and O–H groups in total. The molecule has 3 aromatic rings. The van der Waals surface area contributed by atoms with Gasteiger partial charge in [0.1, 0.15) is 0 Å². The molecule has 1 aromatic heterocycles. The highest BCUT2D eigenvalue weighted by Crippen LogP contribution is 2.32. The van der Waals surface area contributed by atoms with Crippen LogP contribution in [0, 0.1) is 6.92 Å². The number of pyridine rings is 1. The Hall–Kier alpha value is -2.41. The largest absolute Gasteiger partial charge is 0.256 e. The van der Waals surface area contributed by atoms with E-state index in [0.717, 1.165) is 5.69 Å². The minimum atomic E-state index is 0.476. The van der Waals surface area contributed by atoms with E-state index < -0.39 is 0 Å². The molecule has 3 rings (SSSR count). The molecule has 0 fully saturated rings. The Labute approximate surface area is 132 Å². The summed E-state index contributed by atoms with van der Waals surface area (Å²) in [5.41, 5.74) is 7.39. The minimum Gasteiger partial charge on any atom is -0.256 e. The lowest BCUT2D eigenvalue weighted by Crippen LogP contribution is -1.95. The highest BCUT2D eigenvalue weighted by molar-refractivity contribution is 5.74. The first-order valence-electron chi connectivity index (χ1n) is 7.77. The molecule has 0 atom stereocenters. The van der Waals surface area contributed by atoms with E-state index in [2.05, 4.69) is 74.3 Å². The quantitative estimate of drug-likeness (QED) is 0.589. The summed E-state index contributed by atoms with van der Waals surface area (Å²) in [5, 5.41) is 0. The van der Waals surface area contributed by atoms with Gasteiger partial charge in [0.25, 0.3) is 0 Å². The van der Waals surface area contributed by atoms with E-state index in [1.165, 1.54) is 27.8 Å². The van der Waals surface area contributed by atoms with Crippen LogP contribution in [0.1, 0.15) is 30.9 Å². The molecule has 0 radical (unpaired) electrons. The maximum atomic E-state index is 4.54. The molecule has 0 aliphatic carbocycles. The molecule has 0 bridgehead atoms. The first-order valence-corrected chi connectivity index (χ1v) is 7.77. The normalized spacial score (nSPS) is 10.9. The third kappa shape index (κ3) is 2.94. The van der Waals surface area contributed by atoms with Crippen LogP contribution in [0.15, 0.2) is 66.9 Å². The first kappa shape index (κ1) is 14.5. The Kier molecular flexibility index (Phi) is 4.06. The topological polar surface area (TPSA) is 12.9 Å². The zero-order valence-corrected chi connectivity index (χ0v) is 13.4. The maximum Gasteiger partial charge on any atom is 0.0705 e. The molecule has 0 saturated carbocycles. The molecule has 2 aromatic carbocycles.